The molecule has 2 unspecified atom stereocenters. The maximum absolute atomic E-state index is 13.6. The minimum absolute atomic E-state index is 0.0974. The molecule has 1 aliphatic rings. The predicted molar refractivity (Wildman–Crippen MR) is 64.9 cm³/mol. The highest BCUT2D eigenvalue weighted by atomic mass is 19.4. The minimum atomic E-state index is -7.88. The Kier molecular flexibility index (Phi) is 6.59. The molecule has 1 fully saturated rings. The van der Waals surface area contributed by atoms with E-state index in [4.69, 9.17) is 9.47 Å². The first-order chi connectivity index (χ1) is 12.2. The van der Waals surface area contributed by atoms with Crippen LogP contribution in [0.3, 0.4) is 0 Å². The van der Waals surface area contributed by atoms with Gasteiger partial charge in [0.1, 0.15) is 0 Å². The van der Waals surface area contributed by atoms with Crippen molar-refractivity contribution in [2.45, 2.75) is 74.4 Å². The molecule has 2 nitrogen and oxygen atoms in total. The summed E-state index contributed by atoms with van der Waals surface area (Å²) in [5.74, 6) is -36.7. The summed E-state index contributed by atoms with van der Waals surface area (Å²) in [6, 6.07) is 0. The van der Waals surface area contributed by atoms with Crippen LogP contribution in [0.5, 0.6) is 0 Å². The zero-order chi connectivity index (χ0) is 22.4. The van der Waals surface area contributed by atoms with Crippen molar-refractivity contribution in [2.75, 3.05) is 6.61 Å². The molecule has 168 valence electrons. The molecule has 0 N–H and O–H groups in total. The van der Waals surface area contributed by atoms with Crippen LogP contribution >= 0.6 is 0 Å². The summed E-state index contributed by atoms with van der Waals surface area (Å²) >= 11 is 0. The van der Waals surface area contributed by atoms with E-state index in [1.807, 2.05) is 0 Å². The van der Waals surface area contributed by atoms with E-state index in [1.165, 1.54) is 6.92 Å². The molecule has 0 aromatic heterocycles. The molecule has 1 rings (SSSR count). The Bertz CT molecular complexity index is 543. The van der Waals surface area contributed by atoms with Crippen LogP contribution in [0.25, 0.3) is 0 Å². The molecule has 0 aliphatic carbocycles. The first-order valence-electron chi connectivity index (χ1n) is 7.45. The van der Waals surface area contributed by atoms with E-state index in [9.17, 15) is 57.1 Å². The highest BCUT2D eigenvalue weighted by Gasteiger charge is 2.90. The third kappa shape index (κ3) is 4.00. The lowest BCUT2D eigenvalue weighted by atomic mass is 9.92. The topological polar surface area (TPSA) is 18.5 Å². The van der Waals surface area contributed by atoms with Crippen LogP contribution in [0, 0.1) is 0 Å². The van der Waals surface area contributed by atoms with Crippen molar-refractivity contribution in [1.29, 1.82) is 0 Å². The molecule has 15 heteroatoms. The van der Waals surface area contributed by atoms with E-state index < -0.39 is 61.0 Å². The van der Waals surface area contributed by atoms with Crippen LogP contribution in [0.4, 0.5) is 57.1 Å². The number of hydrogen-bond acceptors (Lipinski definition) is 2. The van der Waals surface area contributed by atoms with Crippen molar-refractivity contribution in [1.82, 2.24) is 0 Å². The quantitative estimate of drug-likeness (QED) is 0.469. The molecule has 0 radical (unpaired) electrons. The van der Waals surface area contributed by atoms with Gasteiger partial charge in [0.25, 0.3) is 0 Å². The molecule has 28 heavy (non-hydrogen) atoms. The van der Waals surface area contributed by atoms with Gasteiger partial charge in [0.05, 0.1) is 12.7 Å². The smallest absolute Gasteiger partial charge is 0.353 e. The fourth-order valence-corrected chi connectivity index (χ4v) is 2.14. The molecule has 1 saturated heterocycles. The number of hydrogen-bond donors (Lipinski definition) is 0. The number of halogens is 13. The summed E-state index contributed by atoms with van der Waals surface area (Å²) in [5.41, 5.74) is 0. The molecule has 0 aromatic rings. The number of ether oxygens (including phenoxy) is 2. The lowest BCUT2D eigenvalue weighted by molar-refractivity contribution is -0.440. The monoisotopic (exact) mass is 448 g/mol. The molecule has 0 aromatic carbocycles. The van der Waals surface area contributed by atoms with Crippen LogP contribution in [0.15, 0.2) is 0 Å². The van der Waals surface area contributed by atoms with Gasteiger partial charge in [0.15, 0.2) is 6.29 Å². The first-order valence-corrected chi connectivity index (χ1v) is 7.45. The standard InChI is InChI=1S/C13H13F13O2/c1-6-3-5-27-7(28-6)2-4-8(14,15)9(16,17)10(18,19)11(20,21)12(22,23)13(24,25)26/h6-7H,2-5H2,1H3. The Morgan fingerprint density at radius 2 is 1.18 bits per heavy atom. The predicted octanol–water partition coefficient (Wildman–Crippen LogP) is 5.66. The zero-order valence-corrected chi connectivity index (χ0v) is 13.7. The largest absolute Gasteiger partial charge is 0.460 e. The first kappa shape index (κ1) is 25.0. The summed E-state index contributed by atoms with van der Waals surface area (Å²) in [6.45, 7) is 1.32. The lowest BCUT2D eigenvalue weighted by Gasteiger charge is -2.40. The highest BCUT2D eigenvalue weighted by molar-refractivity contribution is 5.10. The lowest BCUT2D eigenvalue weighted by Crippen LogP contribution is -2.70. The van der Waals surface area contributed by atoms with Crippen LogP contribution < -0.4 is 0 Å². The molecule has 0 amide bonds. The van der Waals surface area contributed by atoms with Crippen molar-refractivity contribution < 1.29 is 66.5 Å². The van der Waals surface area contributed by atoms with E-state index in [1.54, 1.807) is 0 Å². The number of rotatable bonds is 7. The Balaban J connectivity index is 3.11. The van der Waals surface area contributed by atoms with Crippen LogP contribution in [-0.2, 0) is 9.47 Å². The third-order valence-corrected chi connectivity index (χ3v) is 3.90. The van der Waals surface area contributed by atoms with Crippen molar-refractivity contribution in [3.8, 4) is 0 Å². The van der Waals surface area contributed by atoms with Gasteiger partial charge < -0.3 is 9.47 Å². The Hall–Kier alpha value is -0.990. The van der Waals surface area contributed by atoms with E-state index in [0.717, 1.165) is 0 Å². The second-order valence-electron chi connectivity index (χ2n) is 6.07. The molecule has 0 spiro atoms. The molecular weight excluding hydrogens is 435 g/mol. The maximum Gasteiger partial charge on any atom is 0.460 e. The molecular formula is C13H13F13O2. The maximum atomic E-state index is 13.6. The van der Waals surface area contributed by atoms with Crippen molar-refractivity contribution in [3.63, 3.8) is 0 Å². The van der Waals surface area contributed by atoms with Gasteiger partial charge in [0, 0.05) is 12.8 Å². The summed E-state index contributed by atoms with van der Waals surface area (Å²) < 4.78 is 178. The Morgan fingerprint density at radius 1 is 0.714 bits per heavy atom. The second kappa shape index (κ2) is 7.36. The average Bonchev–Trinajstić information content (AvgIpc) is 2.51. The SMILES string of the molecule is CC1CCOC(CCC(F)(F)C(F)(F)C(F)(F)C(F)(F)C(F)(F)C(F)(F)F)O1. The summed E-state index contributed by atoms with van der Waals surface area (Å²) in [5, 5.41) is 0. The molecule has 0 bridgehead atoms. The van der Waals surface area contributed by atoms with Gasteiger partial charge in [-0.1, -0.05) is 0 Å². The van der Waals surface area contributed by atoms with Gasteiger partial charge >= 0.3 is 35.8 Å². The molecule has 2 atom stereocenters. The number of alkyl halides is 13. The summed E-state index contributed by atoms with van der Waals surface area (Å²) in [7, 11) is 0. The Morgan fingerprint density at radius 3 is 1.61 bits per heavy atom. The normalized spacial score (nSPS) is 23.8. The third-order valence-electron chi connectivity index (χ3n) is 3.90. The summed E-state index contributed by atoms with van der Waals surface area (Å²) in [4.78, 5) is 0. The van der Waals surface area contributed by atoms with Crippen molar-refractivity contribution >= 4 is 0 Å². The van der Waals surface area contributed by atoms with Crippen molar-refractivity contribution in [3.05, 3.63) is 0 Å². The highest BCUT2D eigenvalue weighted by Crippen LogP contribution is 2.60. The van der Waals surface area contributed by atoms with Crippen LogP contribution in [0.2, 0.25) is 0 Å². The van der Waals surface area contributed by atoms with Crippen LogP contribution in [-0.4, -0.2) is 54.8 Å². The van der Waals surface area contributed by atoms with Gasteiger partial charge in [-0.3, -0.25) is 0 Å². The van der Waals surface area contributed by atoms with Gasteiger partial charge in [-0.05, 0) is 13.3 Å². The van der Waals surface area contributed by atoms with Gasteiger partial charge in [-0.15, -0.1) is 0 Å². The second-order valence-corrected chi connectivity index (χ2v) is 6.07. The Labute approximate surface area is 148 Å². The van der Waals surface area contributed by atoms with Crippen molar-refractivity contribution in [2.24, 2.45) is 0 Å². The molecule has 0 saturated carbocycles. The molecule has 1 aliphatic heterocycles. The van der Waals surface area contributed by atoms with Gasteiger partial charge in [-0.2, -0.15) is 57.1 Å². The van der Waals surface area contributed by atoms with E-state index in [0.29, 0.717) is 0 Å². The zero-order valence-electron chi connectivity index (χ0n) is 13.7. The minimum Gasteiger partial charge on any atom is -0.353 e. The average molecular weight is 448 g/mol. The van der Waals surface area contributed by atoms with E-state index in [-0.39, 0.29) is 13.0 Å². The summed E-state index contributed by atoms with van der Waals surface area (Å²) in [6.07, 6.45) is -12.9. The van der Waals surface area contributed by atoms with E-state index >= 15 is 0 Å². The van der Waals surface area contributed by atoms with Gasteiger partial charge in [0.2, 0.25) is 0 Å². The molecule has 1 heterocycles. The fourth-order valence-electron chi connectivity index (χ4n) is 2.14. The van der Waals surface area contributed by atoms with Crippen LogP contribution in [0.1, 0.15) is 26.2 Å². The van der Waals surface area contributed by atoms with Gasteiger partial charge in [-0.25, -0.2) is 0 Å². The fraction of sp³-hybridized carbons (Fsp3) is 1.00. The van der Waals surface area contributed by atoms with E-state index in [2.05, 4.69) is 0 Å².